The van der Waals surface area contributed by atoms with Gasteiger partial charge in [0.05, 0.1) is 12.3 Å². The Morgan fingerprint density at radius 3 is 2.58 bits per heavy atom. The molecule has 0 bridgehead atoms. The number of carbonyl (C=O) groups excluding carboxylic acids is 2. The van der Waals surface area contributed by atoms with E-state index >= 15 is 0 Å². The van der Waals surface area contributed by atoms with Crippen molar-refractivity contribution in [3.05, 3.63) is 69.9 Å². The molecule has 0 fully saturated rings. The van der Waals surface area contributed by atoms with Gasteiger partial charge in [0.15, 0.2) is 17.6 Å². The molecule has 10 nitrogen and oxygen atoms in total. The molecule has 186 valence electrons. The molecule has 0 aliphatic heterocycles. The van der Waals surface area contributed by atoms with Gasteiger partial charge in [-0.1, -0.05) is 46.8 Å². The van der Waals surface area contributed by atoms with Gasteiger partial charge >= 0.3 is 0 Å². The predicted octanol–water partition coefficient (Wildman–Crippen LogP) is 3.82. The number of nitrogens with one attached hydrogen (secondary N) is 2. The minimum atomic E-state index is -0.315. The molecule has 2 heterocycles. The van der Waals surface area contributed by atoms with Crippen LogP contribution in [0.3, 0.4) is 0 Å². The number of ether oxygens (including phenoxy) is 1. The number of hydrogen-bond donors (Lipinski definition) is 2. The lowest BCUT2D eigenvalue weighted by Crippen LogP contribution is -2.29. The Morgan fingerprint density at radius 2 is 1.86 bits per heavy atom. The van der Waals surface area contributed by atoms with Gasteiger partial charge in [0.25, 0.3) is 5.91 Å². The molecule has 0 saturated carbocycles. The first-order valence-corrected chi connectivity index (χ1v) is 12.9. The fourth-order valence-corrected chi connectivity index (χ4v) is 4.58. The third kappa shape index (κ3) is 7.03. The summed E-state index contributed by atoms with van der Waals surface area (Å²) < 4.78 is 7.31. The van der Waals surface area contributed by atoms with E-state index in [0.717, 1.165) is 16.3 Å². The van der Waals surface area contributed by atoms with Crippen molar-refractivity contribution in [2.24, 2.45) is 0 Å². The Hall–Kier alpha value is -3.48. The van der Waals surface area contributed by atoms with Crippen LogP contribution in [0.4, 0.5) is 5.13 Å². The number of amides is 2. The van der Waals surface area contributed by atoms with Gasteiger partial charge in [0.1, 0.15) is 10.8 Å². The third-order valence-corrected chi connectivity index (χ3v) is 6.63. The van der Waals surface area contributed by atoms with Crippen LogP contribution in [0, 0.1) is 13.8 Å². The van der Waals surface area contributed by atoms with Crippen molar-refractivity contribution in [1.29, 1.82) is 0 Å². The average molecular weight is 544 g/mol. The zero-order valence-corrected chi connectivity index (χ0v) is 21.8. The summed E-state index contributed by atoms with van der Waals surface area (Å²) in [4.78, 5) is 24.8. The molecule has 2 amide bonds. The van der Waals surface area contributed by atoms with E-state index in [0.29, 0.717) is 26.9 Å². The minimum Gasteiger partial charge on any atom is -0.484 e. The SMILES string of the molecule is Cc1cccc(-n2c(CNC(=O)COc3ccc(Cl)cc3)nnc2SCC(=O)Nc2nnc(C)s2)c1. The molecule has 4 rings (SSSR count). The van der Waals surface area contributed by atoms with Crippen molar-refractivity contribution in [1.82, 2.24) is 30.3 Å². The summed E-state index contributed by atoms with van der Waals surface area (Å²) in [6.07, 6.45) is 0. The molecule has 2 aromatic heterocycles. The first kappa shape index (κ1) is 25.6. The molecule has 2 N–H and O–H groups in total. The highest BCUT2D eigenvalue weighted by Gasteiger charge is 2.17. The molecule has 0 atom stereocenters. The van der Waals surface area contributed by atoms with E-state index in [9.17, 15) is 9.59 Å². The molecular weight excluding hydrogens is 522 g/mol. The van der Waals surface area contributed by atoms with Crippen molar-refractivity contribution in [3.63, 3.8) is 0 Å². The largest absolute Gasteiger partial charge is 0.484 e. The summed E-state index contributed by atoms with van der Waals surface area (Å²) >= 11 is 8.40. The molecule has 0 aliphatic carbocycles. The molecule has 13 heteroatoms. The van der Waals surface area contributed by atoms with Crippen LogP contribution in [0.15, 0.2) is 53.7 Å². The van der Waals surface area contributed by atoms with Gasteiger partial charge in [-0.15, -0.1) is 20.4 Å². The molecule has 36 heavy (non-hydrogen) atoms. The Labute approximate surface area is 220 Å². The number of aromatic nitrogens is 5. The molecule has 0 radical (unpaired) electrons. The highest BCUT2D eigenvalue weighted by atomic mass is 35.5. The molecule has 4 aromatic rings. The molecule has 0 unspecified atom stereocenters. The fourth-order valence-electron chi connectivity index (χ4n) is 3.08. The van der Waals surface area contributed by atoms with Gasteiger partial charge in [-0.3, -0.25) is 19.5 Å². The summed E-state index contributed by atoms with van der Waals surface area (Å²) in [7, 11) is 0. The highest BCUT2D eigenvalue weighted by molar-refractivity contribution is 7.99. The fraction of sp³-hybridized carbons (Fsp3) is 0.217. The van der Waals surface area contributed by atoms with Crippen LogP contribution in [0.1, 0.15) is 16.4 Å². The van der Waals surface area contributed by atoms with Crippen molar-refractivity contribution < 1.29 is 14.3 Å². The number of hydrogen-bond acceptors (Lipinski definition) is 9. The topological polar surface area (TPSA) is 124 Å². The number of rotatable bonds is 10. The molecule has 0 saturated heterocycles. The van der Waals surface area contributed by atoms with E-state index in [1.54, 1.807) is 24.3 Å². The normalized spacial score (nSPS) is 10.8. The second-order valence-corrected chi connectivity index (χ2v) is 10.1. The maximum absolute atomic E-state index is 12.4. The second kappa shape index (κ2) is 12.0. The molecule has 0 aliphatic rings. The molecule has 0 spiro atoms. The van der Waals surface area contributed by atoms with Gasteiger partial charge in [0.2, 0.25) is 11.0 Å². The van der Waals surface area contributed by atoms with Crippen LogP contribution < -0.4 is 15.4 Å². The summed E-state index contributed by atoms with van der Waals surface area (Å²) in [6.45, 7) is 3.76. The number of benzene rings is 2. The quantitative estimate of drug-likeness (QED) is 0.289. The lowest BCUT2D eigenvalue weighted by atomic mass is 10.2. The maximum Gasteiger partial charge on any atom is 0.258 e. The van der Waals surface area contributed by atoms with Crippen molar-refractivity contribution in [3.8, 4) is 11.4 Å². The average Bonchev–Trinajstić information content (AvgIpc) is 3.46. The van der Waals surface area contributed by atoms with E-state index in [2.05, 4.69) is 31.0 Å². The lowest BCUT2D eigenvalue weighted by Gasteiger charge is -2.12. The van der Waals surface area contributed by atoms with Crippen molar-refractivity contribution in [2.75, 3.05) is 17.7 Å². The second-order valence-electron chi connectivity index (χ2n) is 7.56. The Morgan fingerprint density at radius 1 is 1.06 bits per heavy atom. The lowest BCUT2D eigenvalue weighted by molar-refractivity contribution is -0.123. The van der Waals surface area contributed by atoms with Crippen LogP contribution in [-0.4, -0.2) is 49.1 Å². The number of nitrogens with zero attached hydrogens (tertiary/aromatic N) is 5. The van der Waals surface area contributed by atoms with Gasteiger partial charge in [-0.2, -0.15) is 0 Å². The summed E-state index contributed by atoms with van der Waals surface area (Å²) in [5, 5.41) is 24.2. The van der Waals surface area contributed by atoms with Crippen LogP contribution in [0.25, 0.3) is 5.69 Å². The van der Waals surface area contributed by atoms with Crippen LogP contribution in [0.2, 0.25) is 5.02 Å². The van der Waals surface area contributed by atoms with Crippen LogP contribution >= 0.6 is 34.7 Å². The van der Waals surface area contributed by atoms with Crippen molar-refractivity contribution >= 4 is 51.6 Å². The third-order valence-electron chi connectivity index (χ3n) is 4.69. The van der Waals surface area contributed by atoms with E-state index in [1.165, 1.54) is 23.1 Å². The number of carbonyl (C=O) groups is 2. The predicted molar refractivity (Wildman–Crippen MR) is 139 cm³/mol. The van der Waals surface area contributed by atoms with E-state index < -0.39 is 0 Å². The minimum absolute atomic E-state index is 0.101. The molecular formula is C23H22ClN7O3S2. The zero-order valence-electron chi connectivity index (χ0n) is 19.4. The van der Waals surface area contributed by atoms with E-state index in [-0.39, 0.29) is 30.7 Å². The van der Waals surface area contributed by atoms with Gasteiger partial charge in [-0.25, -0.2) is 0 Å². The van der Waals surface area contributed by atoms with Gasteiger partial charge in [-0.05, 0) is 55.8 Å². The number of thioether (sulfide) groups is 1. The number of halogens is 1. The first-order valence-electron chi connectivity index (χ1n) is 10.8. The Balaban J connectivity index is 1.42. The van der Waals surface area contributed by atoms with Crippen molar-refractivity contribution in [2.45, 2.75) is 25.5 Å². The van der Waals surface area contributed by atoms with E-state index in [4.69, 9.17) is 16.3 Å². The summed E-state index contributed by atoms with van der Waals surface area (Å²) in [5.74, 6) is 0.610. The summed E-state index contributed by atoms with van der Waals surface area (Å²) in [6, 6.07) is 14.6. The standard InChI is InChI=1S/C23H22ClN7O3S2/c1-14-4-3-5-17(10-14)31-19(11-25-20(32)12-34-18-8-6-16(24)7-9-18)28-30-23(31)35-13-21(33)26-22-29-27-15(2)36-22/h3-10H,11-13H2,1-2H3,(H,25,32)(H,26,29,33). The van der Waals surface area contributed by atoms with Crippen LogP contribution in [0.5, 0.6) is 5.75 Å². The maximum atomic E-state index is 12.4. The molecule has 2 aromatic carbocycles. The van der Waals surface area contributed by atoms with Crippen LogP contribution in [-0.2, 0) is 16.1 Å². The monoisotopic (exact) mass is 543 g/mol. The van der Waals surface area contributed by atoms with Gasteiger partial charge < -0.3 is 10.1 Å². The summed E-state index contributed by atoms with van der Waals surface area (Å²) in [5.41, 5.74) is 1.87. The smallest absolute Gasteiger partial charge is 0.258 e. The first-order chi connectivity index (χ1) is 17.4. The Kier molecular flexibility index (Phi) is 8.52. The Bertz CT molecular complexity index is 1360. The highest BCUT2D eigenvalue weighted by Crippen LogP contribution is 2.23. The zero-order chi connectivity index (χ0) is 25.5. The van der Waals surface area contributed by atoms with Gasteiger partial charge in [0, 0.05) is 10.7 Å². The number of aryl methyl sites for hydroxylation is 2. The number of anilines is 1. The van der Waals surface area contributed by atoms with E-state index in [1.807, 2.05) is 42.7 Å².